The number of aryl methyl sites for hydroxylation is 1. The van der Waals surface area contributed by atoms with Gasteiger partial charge >= 0.3 is 0 Å². The Kier molecular flexibility index (Phi) is 5.56. The summed E-state index contributed by atoms with van der Waals surface area (Å²) in [5, 5.41) is 12.9. The van der Waals surface area contributed by atoms with Crippen LogP contribution in [0.4, 0.5) is 0 Å². The fraction of sp³-hybridized carbons (Fsp3) is 0.300. The lowest BCUT2D eigenvalue weighted by Gasteiger charge is -2.16. The summed E-state index contributed by atoms with van der Waals surface area (Å²) in [6, 6.07) is 3.60. The van der Waals surface area contributed by atoms with Gasteiger partial charge in [0, 0.05) is 44.0 Å². The second kappa shape index (κ2) is 8.29. The van der Waals surface area contributed by atoms with E-state index >= 15 is 0 Å². The molecular formula is C20H20ClN7O2. The average molecular weight is 426 g/mol. The number of methoxy groups -OCH3 is 1. The summed E-state index contributed by atoms with van der Waals surface area (Å²) in [4.78, 5) is 22.9. The number of fused-ring (bicyclic) bond motifs is 1. The minimum Gasteiger partial charge on any atom is -0.375 e. The number of nitrogens with zero attached hydrogens (tertiary/aromatic N) is 7. The van der Waals surface area contributed by atoms with Crippen molar-refractivity contribution in [3.05, 3.63) is 64.5 Å². The van der Waals surface area contributed by atoms with E-state index in [0.29, 0.717) is 16.4 Å². The number of hydrogen-bond acceptors (Lipinski definition) is 7. The van der Waals surface area contributed by atoms with Crippen LogP contribution in [0.1, 0.15) is 35.5 Å². The topological polar surface area (TPSA) is 100 Å². The summed E-state index contributed by atoms with van der Waals surface area (Å²) in [5.41, 5.74) is 3.89. The highest BCUT2D eigenvalue weighted by Crippen LogP contribution is 2.23. The van der Waals surface area contributed by atoms with Crippen molar-refractivity contribution in [3.63, 3.8) is 0 Å². The Labute approximate surface area is 177 Å². The van der Waals surface area contributed by atoms with Crippen LogP contribution in [-0.2, 0) is 22.4 Å². The summed E-state index contributed by atoms with van der Waals surface area (Å²) in [6.07, 6.45) is 6.56. The van der Waals surface area contributed by atoms with Crippen molar-refractivity contribution in [1.29, 1.82) is 0 Å². The van der Waals surface area contributed by atoms with Crippen LogP contribution in [-0.4, -0.2) is 47.5 Å². The van der Waals surface area contributed by atoms with Gasteiger partial charge in [0.05, 0.1) is 34.9 Å². The van der Waals surface area contributed by atoms with Gasteiger partial charge in [0.15, 0.2) is 11.5 Å². The van der Waals surface area contributed by atoms with Gasteiger partial charge in [0.25, 0.3) is 0 Å². The van der Waals surface area contributed by atoms with Crippen molar-refractivity contribution < 1.29 is 9.53 Å². The smallest absolute Gasteiger partial charge is 0.193 e. The van der Waals surface area contributed by atoms with Gasteiger partial charge in [0.1, 0.15) is 5.78 Å². The Morgan fingerprint density at radius 2 is 1.93 bits per heavy atom. The summed E-state index contributed by atoms with van der Waals surface area (Å²) in [6.45, 7) is 3.82. The van der Waals surface area contributed by atoms with Gasteiger partial charge in [-0.1, -0.05) is 11.6 Å². The molecule has 0 unspecified atom stereocenters. The molecule has 4 aromatic heterocycles. The quantitative estimate of drug-likeness (QED) is 0.448. The first-order valence-electron chi connectivity index (χ1n) is 9.36. The molecule has 0 aliphatic carbocycles. The summed E-state index contributed by atoms with van der Waals surface area (Å²) >= 11 is 6.30. The number of rotatable bonds is 7. The highest BCUT2D eigenvalue weighted by Gasteiger charge is 2.19. The fourth-order valence-corrected chi connectivity index (χ4v) is 3.59. The summed E-state index contributed by atoms with van der Waals surface area (Å²) in [7, 11) is 1.63. The van der Waals surface area contributed by atoms with Crippen LogP contribution < -0.4 is 0 Å². The first-order chi connectivity index (χ1) is 14.5. The zero-order valence-corrected chi connectivity index (χ0v) is 17.5. The number of pyridine rings is 1. The number of carbonyl (C=O) groups is 1. The van der Waals surface area contributed by atoms with Crippen LogP contribution in [0.25, 0.3) is 11.5 Å². The third-order valence-corrected chi connectivity index (χ3v) is 5.01. The molecule has 0 bridgehead atoms. The van der Waals surface area contributed by atoms with Crippen LogP contribution in [0.15, 0.2) is 36.9 Å². The van der Waals surface area contributed by atoms with E-state index in [2.05, 4.69) is 25.3 Å². The molecule has 0 aliphatic rings. The Balaban J connectivity index is 1.57. The number of Topliss-reactive ketones (excluding diaryl/α,β-unsaturated/α-hetero) is 1. The maximum absolute atomic E-state index is 12.8. The molecule has 4 heterocycles. The molecule has 0 aromatic carbocycles. The predicted octanol–water partition coefficient (Wildman–Crippen LogP) is 2.73. The van der Waals surface area contributed by atoms with Crippen LogP contribution in [0.2, 0.25) is 5.02 Å². The molecule has 0 aliphatic heterocycles. The molecule has 0 saturated heterocycles. The Morgan fingerprint density at radius 3 is 2.63 bits per heavy atom. The number of ketones is 1. The van der Waals surface area contributed by atoms with Gasteiger partial charge in [-0.25, -0.2) is 14.5 Å². The van der Waals surface area contributed by atoms with E-state index in [4.69, 9.17) is 16.3 Å². The van der Waals surface area contributed by atoms with E-state index in [1.54, 1.807) is 42.5 Å². The van der Waals surface area contributed by atoms with E-state index < -0.39 is 0 Å². The highest BCUT2D eigenvalue weighted by molar-refractivity contribution is 6.32. The third-order valence-electron chi connectivity index (χ3n) is 4.74. The van der Waals surface area contributed by atoms with Crippen LogP contribution in [0.5, 0.6) is 0 Å². The monoisotopic (exact) mass is 425 g/mol. The predicted molar refractivity (Wildman–Crippen MR) is 110 cm³/mol. The highest BCUT2D eigenvalue weighted by atomic mass is 35.5. The Hall–Kier alpha value is -3.17. The van der Waals surface area contributed by atoms with Gasteiger partial charge in [-0.2, -0.15) is 15.3 Å². The molecule has 4 rings (SSSR count). The fourth-order valence-electron chi connectivity index (χ4n) is 3.32. The second-order valence-electron chi connectivity index (χ2n) is 6.96. The average Bonchev–Trinajstić information content (AvgIpc) is 3.36. The molecule has 0 spiro atoms. The van der Waals surface area contributed by atoms with E-state index in [-0.39, 0.29) is 24.7 Å². The maximum Gasteiger partial charge on any atom is 0.193 e. The van der Waals surface area contributed by atoms with Crippen molar-refractivity contribution in [2.75, 3.05) is 7.11 Å². The molecule has 1 atom stereocenters. The van der Waals surface area contributed by atoms with Gasteiger partial charge in [-0.05, 0) is 25.5 Å². The van der Waals surface area contributed by atoms with E-state index in [1.807, 2.05) is 19.9 Å². The van der Waals surface area contributed by atoms with Crippen molar-refractivity contribution in [3.8, 4) is 5.82 Å². The largest absolute Gasteiger partial charge is 0.375 e. The van der Waals surface area contributed by atoms with E-state index in [9.17, 15) is 4.79 Å². The molecule has 4 aromatic rings. The van der Waals surface area contributed by atoms with E-state index in [0.717, 1.165) is 22.6 Å². The van der Waals surface area contributed by atoms with Crippen molar-refractivity contribution in [2.45, 2.75) is 32.8 Å². The molecule has 30 heavy (non-hydrogen) atoms. The van der Waals surface area contributed by atoms with Crippen LogP contribution in [0, 0.1) is 6.92 Å². The molecular weight excluding hydrogens is 406 g/mol. The Morgan fingerprint density at radius 1 is 1.17 bits per heavy atom. The maximum atomic E-state index is 12.8. The number of carbonyl (C=O) groups excluding carboxylic acids is 1. The molecule has 9 nitrogen and oxygen atoms in total. The minimum atomic E-state index is -0.241. The zero-order valence-electron chi connectivity index (χ0n) is 16.8. The Bertz CT molecular complexity index is 1200. The number of halogens is 1. The lowest BCUT2D eigenvalue weighted by molar-refractivity contribution is -0.117. The second-order valence-corrected chi connectivity index (χ2v) is 7.37. The van der Waals surface area contributed by atoms with Crippen LogP contribution in [0.3, 0.4) is 0 Å². The lowest BCUT2D eigenvalue weighted by atomic mass is 10.0. The SMILES string of the molecule is CO[C@@H](C)c1c(CC(=O)Cc2cnc(-n3nccn3)c(Cl)c2)cnc2cc(C)nn12. The molecule has 0 saturated carbocycles. The van der Waals surface area contributed by atoms with Gasteiger partial charge < -0.3 is 4.74 Å². The van der Waals surface area contributed by atoms with Gasteiger partial charge in [0.2, 0.25) is 0 Å². The first-order valence-corrected chi connectivity index (χ1v) is 9.74. The van der Waals surface area contributed by atoms with Gasteiger partial charge in [-0.15, -0.1) is 4.80 Å². The molecule has 0 amide bonds. The van der Waals surface area contributed by atoms with Gasteiger partial charge in [-0.3, -0.25) is 4.79 Å². The molecule has 0 radical (unpaired) electrons. The number of hydrogen-bond donors (Lipinski definition) is 0. The standard InChI is InChI=1S/C20H20ClN7O2/c1-12-6-18-22-11-15(19(13(2)30-3)27(18)26-12)9-16(29)7-14-8-17(21)20(23-10-14)28-24-4-5-25-28/h4-6,8,10-11,13H,7,9H2,1-3H3/t13-/m0/s1. The first kappa shape index (κ1) is 20.1. The van der Waals surface area contributed by atoms with Crippen LogP contribution >= 0.6 is 11.6 Å². The number of aromatic nitrogens is 7. The summed E-state index contributed by atoms with van der Waals surface area (Å²) < 4.78 is 7.26. The zero-order chi connectivity index (χ0) is 21.3. The molecule has 0 N–H and O–H groups in total. The third kappa shape index (κ3) is 3.94. The molecule has 0 fully saturated rings. The van der Waals surface area contributed by atoms with Crippen molar-refractivity contribution in [2.24, 2.45) is 0 Å². The molecule has 154 valence electrons. The summed E-state index contributed by atoms with van der Waals surface area (Å²) in [5.74, 6) is 0.421. The molecule has 10 heteroatoms. The van der Waals surface area contributed by atoms with Crippen molar-refractivity contribution >= 4 is 23.0 Å². The van der Waals surface area contributed by atoms with Crippen molar-refractivity contribution in [1.82, 2.24) is 34.6 Å². The van der Waals surface area contributed by atoms with E-state index in [1.165, 1.54) is 4.80 Å². The number of ether oxygens (including phenoxy) is 1. The normalized spacial score (nSPS) is 12.4. The minimum absolute atomic E-state index is 0.00686. The lowest BCUT2D eigenvalue weighted by Crippen LogP contribution is -2.15.